The van der Waals surface area contributed by atoms with Gasteiger partial charge in [-0.05, 0) is 139 Å². The van der Waals surface area contributed by atoms with E-state index >= 15 is 0 Å². The summed E-state index contributed by atoms with van der Waals surface area (Å²) in [6, 6.07) is 41.1. The van der Waals surface area contributed by atoms with Gasteiger partial charge in [-0.15, -0.1) is 0 Å². The van der Waals surface area contributed by atoms with E-state index in [1.165, 1.54) is 0 Å². The number of benzene rings is 10. The molecule has 0 radical (unpaired) electrons. The van der Waals surface area contributed by atoms with Crippen LogP contribution in [0.5, 0.6) is 11.5 Å². The molecule has 5 heterocycles. The zero-order valence-electron chi connectivity index (χ0n) is 57.7. The lowest BCUT2D eigenvalue weighted by Crippen LogP contribution is -2.33. The molecule has 0 amide bonds. The van der Waals surface area contributed by atoms with Gasteiger partial charge in [0, 0.05) is 33.8 Å². The van der Waals surface area contributed by atoms with E-state index in [9.17, 15) is 13.7 Å². The van der Waals surface area contributed by atoms with Crippen molar-refractivity contribution in [2.75, 3.05) is 0 Å². The molecule has 6 heteroatoms. The van der Waals surface area contributed by atoms with Crippen molar-refractivity contribution >= 4 is 54.6 Å². The van der Waals surface area contributed by atoms with Gasteiger partial charge in [-0.1, -0.05) is 193 Å². The Bertz CT molecular complexity index is 5550. The molecule has 0 aliphatic carbocycles. The lowest BCUT2D eigenvalue weighted by molar-refractivity contribution is -0.571. The van der Waals surface area contributed by atoms with Gasteiger partial charge < -0.3 is 9.30 Å². The van der Waals surface area contributed by atoms with Gasteiger partial charge in [0.2, 0.25) is 0 Å². The number of nitrogens with zero attached hydrogens (tertiary/aromatic N) is 5. The van der Waals surface area contributed by atoms with Crippen molar-refractivity contribution in [3.8, 4) is 78.9 Å². The van der Waals surface area contributed by atoms with E-state index in [0.717, 1.165) is 60.6 Å². The molecule has 0 fully saturated rings. The van der Waals surface area contributed by atoms with Crippen LogP contribution in [0, 0.1) is 6.33 Å². The topological polar surface area (TPSA) is 40.8 Å². The summed E-state index contributed by atoms with van der Waals surface area (Å²) in [6.45, 7) is 12.6. The maximum Gasteiger partial charge on any atom is 0.269 e. The largest absolute Gasteiger partial charge is 0.458 e. The van der Waals surface area contributed by atoms with Crippen LogP contribution in [-0.4, -0.2) is 18.7 Å². The number of rotatable bonds is 6. The SMILES string of the molecule is [2H]c1c([2H])c([2H])c(-c2cc3c4c(c2)n(-c2cccc(Oc5ccc6c7ccccc7n(-c7cc(C(C)(C)C)ccn7)c6c5)c2)[c-][n+]4-c2c(cc(C(C)(C)C)cc2-n2c4ccccc4c4ccccc42)-c2c([2H])c([2H])c([2H])c([2H])c2-c2c([2H])c([2H])c([2H])c([2H])c2-3)c([2H])c1[2H]. The zero-order chi connectivity index (χ0) is 65.3. The number of imidazole rings is 1. The standard InChI is InChI=1S/C74H57N5O/c1-73(2,3)49-37-38-75-70(43-49)79-66-34-19-16-31-60(66)61-36-35-53(45-67(61)79)80-52-24-20-23-51(44-52)76-46-77-71-62(39-48(40-68(71)76)47-21-8-7-9-22-47)56-27-12-10-25-54(56)55-26-11-13-28-57(55)63-41-50(74(4,5)6)42-69(72(63)77)78-64-32-17-14-29-58(64)59-30-15-18-33-65(59)78/h7-45H,1-6H3/i7D,8D,9D,10D,11D,12D,13D,21D,22D,25D,26D,27D,28D. The summed E-state index contributed by atoms with van der Waals surface area (Å²) in [5.74, 6) is 1.66. The summed E-state index contributed by atoms with van der Waals surface area (Å²) in [7, 11) is 0. The third kappa shape index (κ3) is 7.54. The van der Waals surface area contributed by atoms with E-state index < -0.39 is 84.0 Å². The molecule has 0 bridgehead atoms. The van der Waals surface area contributed by atoms with Crippen LogP contribution in [0.15, 0.2) is 236 Å². The number of hydrogen-bond donors (Lipinski definition) is 0. The quantitative estimate of drug-likeness (QED) is 0.123. The first kappa shape index (κ1) is 35.6. The molecule has 0 saturated carbocycles. The average Bonchev–Trinajstić information content (AvgIpc) is 1.62. The highest BCUT2D eigenvalue weighted by Crippen LogP contribution is 2.48. The Labute approximate surface area is 483 Å². The van der Waals surface area contributed by atoms with Crippen LogP contribution in [0.1, 0.15) is 70.5 Å². The van der Waals surface area contributed by atoms with Gasteiger partial charge in [-0.2, -0.15) is 0 Å². The van der Waals surface area contributed by atoms with Crippen molar-refractivity contribution in [2.24, 2.45) is 0 Å². The molecular formula is C74H57N5O. The molecule has 80 heavy (non-hydrogen) atoms. The number of aromatic nitrogens is 5. The van der Waals surface area contributed by atoms with E-state index in [2.05, 4.69) is 60.5 Å². The van der Waals surface area contributed by atoms with E-state index in [1.54, 1.807) is 21.3 Å². The summed E-state index contributed by atoms with van der Waals surface area (Å²) in [4.78, 5) is 4.89. The van der Waals surface area contributed by atoms with E-state index in [-0.39, 0.29) is 61.0 Å². The monoisotopic (exact) mass is 1040 g/mol. The third-order valence-electron chi connectivity index (χ3n) is 15.5. The van der Waals surface area contributed by atoms with Gasteiger partial charge >= 0.3 is 0 Å². The Hall–Kier alpha value is -9.78. The fraction of sp³-hybridized carbons (Fsp3) is 0.108. The van der Waals surface area contributed by atoms with Crippen molar-refractivity contribution in [1.82, 2.24) is 18.7 Å². The number of pyridine rings is 1. The van der Waals surface area contributed by atoms with Gasteiger partial charge in [0.1, 0.15) is 17.3 Å². The molecule has 1 aliphatic rings. The zero-order valence-corrected chi connectivity index (χ0v) is 44.7. The number of para-hydroxylation sites is 3. The van der Waals surface area contributed by atoms with E-state index in [0.29, 0.717) is 28.6 Å². The van der Waals surface area contributed by atoms with E-state index in [4.69, 9.17) is 13.8 Å². The van der Waals surface area contributed by atoms with Crippen LogP contribution in [0.3, 0.4) is 0 Å². The average molecular weight is 1050 g/mol. The minimum atomic E-state index is -0.662. The second-order valence-corrected chi connectivity index (χ2v) is 22.5. The second kappa shape index (κ2) is 17.9. The van der Waals surface area contributed by atoms with Gasteiger partial charge in [-0.25, -0.2) is 4.98 Å². The Kier molecular flexibility index (Phi) is 7.96. The maximum absolute atomic E-state index is 10.1. The molecule has 0 N–H and O–H groups in total. The molecule has 0 spiro atoms. The molecule has 14 aromatic rings. The molecule has 15 rings (SSSR count). The molecule has 0 saturated heterocycles. The third-order valence-corrected chi connectivity index (χ3v) is 15.5. The highest BCUT2D eigenvalue weighted by Gasteiger charge is 2.31. The minimum absolute atomic E-state index is 0.0417. The van der Waals surface area contributed by atoms with Crippen LogP contribution in [0.2, 0.25) is 0 Å². The predicted molar refractivity (Wildman–Crippen MR) is 329 cm³/mol. The van der Waals surface area contributed by atoms with Crippen molar-refractivity contribution in [2.45, 2.75) is 52.4 Å². The van der Waals surface area contributed by atoms with Gasteiger partial charge in [0.15, 0.2) is 0 Å². The van der Waals surface area contributed by atoms with Crippen LogP contribution >= 0.6 is 0 Å². The highest BCUT2D eigenvalue weighted by molar-refractivity contribution is 6.11. The smallest absolute Gasteiger partial charge is 0.269 e. The molecular weight excluding hydrogens is 975 g/mol. The summed E-state index contributed by atoms with van der Waals surface area (Å²) in [6.07, 6.45) is 5.56. The molecule has 384 valence electrons. The first-order valence-corrected chi connectivity index (χ1v) is 26.6. The lowest BCUT2D eigenvalue weighted by atomic mass is 9.83. The maximum atomic E-state index is 10.1. The minimum Gasteiger partial charge on any atom is -0.458 e. The highest BCUT2D eigenvalue weighted by atomic mass is 16.5. The molecule has 10 aromatic carbocycles. The normalized spacial score (nSPS) is 14.7. The Morgan fingerprint density at radius 1 is 0.450 bits per heavy atom. The fourth-order valence-corrected chi connectivity index (χ4v) is 11.6. The van der Waals surface area contributed by atoms with Crippen LogP contribution in [0.4, 0.5) is 0 Å². The molecule has 1 aliphatic heterocycles. The van der Waals surface area contributed by atoms with Crippen molar-refractivity contribution in [3.63, 3.8) is 0 Å². The summed E-state index contributed by atoms with van der Waals surface area (Å²) in [5, 5.41) is 3.88. The number of fused-ring (bicyclic) bond motifs is 13. The Balaban J connectivity index is 1.09. The number of hydrogen-bond acceptors (Lipinski definition) is 2. The van der Waals surface area contributed by atoms with Gasteiger partial charge in [-0.3, -0.25) is 13.7 Å². The summed E-state index contributed by atoms with van der Waals surface area (Å²) >= 11 is 0. The van der Waals surface area contributed by atoms with Crippen LogP contribution in [-0.2, 0) is 10.8 Å². The first-order valence-electron chi connectivity index (χ1n) is 33.1. The Morgan fingerprint density at radius 2 is 1.02 bits per heavy atom. The van der Waals surface area contributed by atoms with Crippen LogP contribution < -0.4 is 9.30 Å². The first-order chi connectivity index (χ1) is 44.3. The summed E-state index contributed by atoms with van der Waals surface area (Å²) in [5.41, 5.74) is 6.03. The fourth-order valence-electron chi connectivity index (χ4n) is 11.6. The van der Waals surface area contributed by atoms with Crippen molar-refractivity contribution < 1.29 is 27.1 Å². The predicted octanol–water partition coefficient (Wildman–Crippen LogP) is 18.7. The van der Waals surface area contributed by atoms with Gasteiger partial charge in [0.25, 0.3) is 6.33 Å². The molecule has 4 aromatic heterocycles. The van der Waals surface area contributed by atoms with Crippen molar-refractivity contribution in [3.05, 3.63) is 254 Å². The van der Waals surface area contributed by atoms with Gasteiger partial charge in [0.05, 0.1) is 68.0 Å². The number of ether oxygens (including phenoxy) is 1. The molecule has 0 atom stereocenters. The second-order valence-electron chi connectivity index (χ2n) is 22.5. The Morgan fingerprint density at radius 3 is 1.68 bits per heavy atom. The van der Waals surface area contributed by atoms with Crippen LogP contribution in [0.25, 0.3) is 122 Å². The van der Waals surface area contributed by atoms with Crippen molar-refractivity contribution in [1.29, 1.82) is 0 Å². The lowest BCUT2D eigenvalue weighted by Gasteiger charge is -2.26. The summed E-state index contributed by atoms with van der Waals surface area (Å²) < 4.78 is 138. The molecule has 0 unspecified atom stereocenters. The van der Waals surface area contributed by atoms with E-state index in [1.807, 2.05) is 142 Å². The molecule has 6 nitrogen and oxygen atoms in total.